The lowest BCUT2D eigenvalue weighted by Gasteiger charge is -1.98. The Morgan fingerprint density at radius 2 is 2.00 bits per heavy atom. The van der Waals surface area contributed by atoms with Crippen molar-refractivity contribution in [3.63, 3.8) is 0 Å². The second-order valence-corrected chi connectivity index (χ2v) is 4.47. The molecule has 0 rings (SSSR count). The lowest BCUT2D eigenvalue weighted by atomic mass is 10.2. The van der Waals surface area contributed by atoms with Crippen LogP contribution in [0.2, 0.25) is 0 Å². The summed E-state index contributed by atoms with van der Waals surface area (Å²) >= 11 is 1.79. The molecule has 2 nitrogen and oxygen atoms in total. The molecular formula is C12H22O2S. The first kappa shape index (κ1) is 14.6. The van der Waals surface area contributed by atoms with Crippen LogP contribution in [0.5, 0.6) is 0 Å². The molecule has 88 valence electrons. The molecule has 0 amide bonds. The van der Waals surface area contributed by atoms with Crippen LogP contribution >= 0.6 is 11.8 Å². The third-order valence-electron chi connectivity index (χ3n) is 1.94. The molecule has 0 saturated heterocycles. The molecule has 0 unspecified atom stereocenters. The first-order valence-corrected chi connectivity index (χ1v) is 6.72. The Hall–Kier alpha value is -0.440. The van der Waals surface area contributed by atoms with Crippen LogP contribution in [0.1, 0.15) is 46.0 Å². The fourth-order valence-electron chi connectivity index (χ4n) is 1.13. The fraction of sp³-hybridized carbons (Fsp3) is 0.750. The molecule has 0 radical (unpaired) electrons. The van der Waals surface area contributed by atoms with Gasteiger partial charge in [0.05, 0.1) is 0 Å². The maximum atomic E-state index is 10.4. The first-order chi connectivity index (χ1) is 7.27. The third kappa shape index (κ3) is 13.6. The van der Waals surface area contributed by atoms with E-state index in [0.29, 0.717) is 6.61 Å². The standard InChI is InChI=1S/C12H22O2S/c1-3-4-5-6-7-10-15-11-8-9-14-12(2)13/h8,11H,3-7,9-10H2,1-2H3. The Bertz CT molecular complexity index is 178. The number of hydrogen-bond acceptors (Lipinski definition) is 3. The summed E-state index contributed by atoms with van der Waals surface area (Å²) in [7, 11) is 0. The topological polar surface area (TPSA) is 26.3 Å². The summed E-state index contributed by atoms with van der Waals surface area (Å²) in [6, 6.07) is 0. The van der Waals surface area contributed by atoms with Crippen molar-refractivity contribution in [3.8, 4) is 0 Å². The lowest BCUT2D eigenvalue weighted by Crippen LogP contribution is -1.96. The normalized spacial score (nSPS) is 10.8. The summed E-state index contributed by atoms with van der Waals surface area (Å²) in [4.78, 5) is 10.4. The molecule has 0 fully saturated rings. The third-order valence-corrected chi connectivity index (χ3v) is 2.85. The van der Waals surface area contributed by atoms with Gasteiger partial charge >= 0.3 is 5.97 Å². The molecule has 0 bridgehead atoms. The summed E-state index contributed by atoms with van der Waals surface area (Å²) in [5.41, 5.74) is 0. The number of carbonyl (C=O) groups excluding carboxylic acids is 1. The van der Waals surface area contributed by atoms with Crippen LogP contribution in [-0.4, -0.2) is 18.3 Å². The quantitative estimate of drug-likeness (QED) is 0.445. The van der Waals surface area contributed by atoms with Crippen molar-refractivity contribution in [2.45, 2.75) is 46.0 Å². The van der Waals surface area contributed by atoms with Gasteiger partial charge in [0, 0.05) is 6.92 Å². The maximum absolute atomic E-state index is 10.4. The molecule has 0 aromatic rings. The molecule has 0 aliphatic heterocycles. The fourth-order valence-corrected chi connectivity index (χ4v) is 1.85. The van der Waals surface area contributed by atoms with E-state index in [1.54, 1.807) is 11.8 Å². The van der Waals surface area contributed by atoms with Crippen LogP contribution in [0, 0.1) is 0 Å². The van der Waals surface area contributed by atoms with Gasteiger partial charge in [0.15, 0.2) is 0 Å². The predicted molar refractivity (Wildman–Crippen MR) is 67.0 cm³/mol. The van der Waals surface area contributed by atoms with Gasteiger partial charge in [-0.3, -0.25) is 4.79 Å². The van der Waals surface area contributed by atoms with Crippen molar-refractivity contribution in [1.82, 2.24) is 0 Å². The SMILES string of the molecule is CCCCCCCSC=CCOC(C)=O. The summed E-state index contributed by atoms with van der Waals surface area (Å²) in [5.74, 6) is 0.949. The Morgan fingerprint density at radius 3 is 2.67 bits per heavy atom. The van der Waals surface area contributed by atoms with E-state index in [2.05, 4.69) is 6.92 Å². The number of ether oxygens (including phenoxy) is 1. The molecule has 0 saturated carbocycles. The second kappa shape index (κ2) is 11.6. The summed E-state index contributed by atoms with van der Waals surface area (Å²) in [6.45, 7) is 4.05. The second-order valence-electron chi connectivity index (χ2n) is 3.46. The number of carbonyl (C=O) groups is 1. The molecule has 0 N–H and O–H groups in total. The van der Waals surface area contributed by atoms with Gasteiger partial charge in [-0.1, -0.05) is 32.6 Å². The zero-order chi connectivity index (χ0) is 11.4. The minimum atomic E-state index is -0.218. The molecule has 0 aliphatic carbocycles. The van der Waals surface area contributed by atoms with Crippen LogP contribution in [0.3, 0.4) is 0 Å². The minimum absolute atomic E-state index is 0.218. The number of esters is 1. The van der Waals surface area contributed by atoms with Gasteiger partial charge in [-0.2, -0.15) is 0 Å². The summed E-state index contributed by atoms with van der Waals surface area (Å²) in [6.07, 6.45) is 8.51. The largest absolute Gasteiger partial charge is 0.462 e. The number of hydrogen-bond donors (Lipinski definition) is 0. The number of unbranched alkanes of at least 4 members (excludes halogenated alkanes) is 4. The Morgan fingerprint density at radius 1 is 1.27 bits per heavy atom. The molecule has 0 heterocycles. The summed E-state index contributed by atoms with van der Waals surface area (Å²) in [5, 5.41) is 2.02. The molecule has 0 spiro atoms. The van der Waals surface area contributed by atoms with Crippen LogP contribution < -0.4 is 0 Å². The highest BCUT2D eigenvalue weighted by Gasteiger charge is 1.89. The number of thioether (sulfide) groups is 1. The molecule has 0 aromatic heterocycles. The van der Waals surface area contributed by atoms with Crippen molar-refractivity contribution in [2.75, 3.05) is 12.4 Å². The van der Waals surface area contributed by atoms with Crippen molar-refractivity contribution in [1.29, 1.82) is 0 Å². The van der Waals surface area contributed by atoms with Crippen molar-refractivity contribution in [2.24, 2.45) is 0 Å². The highest BCUT2D eigenvalue weighted by Crippen LogP contribution is 2.09. The zero-order valence-electron chi connectivity index (χ0n) is 9.83. The van der Waals surface area contributed by atoms with E-state index in [-0.39, 0.29) is 5.97 Å². The Kier molecular flexibility index (Phi) is 11.3. The Balaban J connectivity index is 3.06. The van der Waals surface area contributed by atoms with Gasteiger partial charge in [-0.25, -0.2) is 0 Å². The summed E-state index contributed by atoms with van der Waals surface area (Å²) < 4.78 is 4.76. The molecule has 15 heavy (non-hydrogen) atoms. The Labute approximate surface area is 97.5 Å². The van der Waals surface area contributed by atoms with E-state index in [4.69, 9.17) is 4.74 Å². The van der Waals surface area contributed by atoms with E-state index in [9.17, 15) is 4.79 Å². The zero-order valence-corrected chi connectivity index (χ0v) is 10.6. The van der Waals surface area contributed by atoms with Crippen LogP contribution in [0.15, 0.2) is 11.5 Å². The monoisotopic (exact) mass is 230 g/mol. The first-order valence-electron chi connectivity index (χ1n) is 5.67. The molecular weight excluding hydrogens is 208 g/mol. The van der Waals surface area contributed by atoms with E-state index in [0.717, 1.165) is 0 Å². The van der Waals surface area contributed by atoms with Gasteiger partial charge in [0.25, 0.3) is 0 Å². The highest BCUT2D eigenvalue weighted by molar-refractivity contribution is 8.02. The highest BCUT2D eigenvalue weighted by atomic mass is 32.2. The van der Waals surface area contributed by atoms with Crippen LogP contribution in [-0.2, 0) is 9.53 Å². The van der Waals surface area contributed by atoms with Crippen LogP contribution in [0.4, 0.5) is 0 Å². The van der Waals surface area contributed by atoms with Gasteiger partial charge < -0.3 is 4.74 Å². The van der Waals surface area contributed by atoms with Gasteiger partial charge in [-0.05, 0) is 23.7 Å². The van der Waals surface area contributed by atoms with Gasteiger partial charge in [0.1, 0.15) is 6.61 Å². The smallest absolute Gasteiger partial charge is 0.302 e. The predicted octanol–water partition coefficient (Wildman–Crippen LogP) is 3.77. The van der Waals surface area contributed by atoms with E-state index < -0.39 is 0 Å². The van der Waals surface area contributed by atoms with Crippen molar-refractivity contribution < 1.29 is 9.53 Å². The lowest BCUT2D eigenvalue weighted by molar-refractivity contribution is -0.139. The van der Waals surface area contributed by atoms with Crippen molar-refractivity contribution >= 4 is 17.7 Å². The van der Waals surface area contributed by atoms with E-state index in [1.807, 2.05) is 11.5 Å². The molecule has 0 aliphatic rings. The average Bonchev–Trinajstić information content (AvgIpc) is 2.20. The molecule has 0 aromatic carbocycles. The average molecular weight is 230 g/mol. The maximum Gasteiger partial charge on any atom is 0.302 e. The van der Waals surface area contributed by atoms with E-state index >= 15 is 0 Å². The van der Waals surface area contributed by atoms with Crippen LogP contribution in [0.25, 0.3) is 0 Å². The molecule has 3 heteroatoms. The van der Waals surface area contributed by atoms with E-state index in [1.165, 1.54) is 44.8 Å². The van der Waals surface area contributed by atoms with Crippen molar-refractivity contribution in [3.05, 3.63) is 11.5 Å². The number of rotatable bonds is 9. The minimum Gasteiger partial charge on any atom is -0.462 e. The van der Waals surface area contributed by atoms with Gasteiger partial charge in [-0.15, -0.1) is 11.8 Å². The molecule has 0 atom stereocenters. The van der Waals surface area contributed by atoms with Gasteiger partial charge in [0.2, 0.25) is 0 Å².